The number of halogens is 2. The van der Waals surface area contributed by atoms with Gasteiger partial charge in [0.1, 0.15) is 0 Å². The molecule has 98 valence electrons. The predicted molar refractivity (Wildman–Crippen MR) is 84.3 cm³/mol. The quantitative estimate of drug-likeness (QED) is 0.714. The molecule has 0 N–H and O–H groups in total. The zero-order valence-electron chi connectivity index (χ0n) is 10.4. The molecule has 1 aliphatic rings. The number of nitrogens with zero attached hydrogens (tertiary/aromatic N) is 1. The Morgan fingerprint density at radius 2 is 1.89 bits per heavy atom. The van der Waals surface area contributed by atoms with E-state index in [4.69, 9.17) is 0 Å². The van der Waals surface area contributed by atoms with Gasteiger partial charge in [-0.3, -0.25) is 4.79 Å². The second kappa shape index (κ2) is 5.55. The largest absolute Gasteiger partial charge is 0.336 e. The Morgan fingerprint density at radius 3 is 2.44 bits per heavy atom. The summed E-state index contributed by atoms with van der Waals surface area (Å²) >= 11 is 8.78. The van der Waals surface area contributed by atoms with Gasteiger partial charge in [0.2, 0.25) is 0 Å². The molecule has 1 aromatic rings. The van der Waals surface area contributed by atoms with Gasteiger partial charge in [0.05, 0.1) is 0 Å². The van der Waals surface area contributed by atoms with Crippen LogP contribution in [0.4, 0.5) is 0 Å². The molecule has 1 aliphatic heterocycles. The molecule has 0 unspecified atom stereocenters. The molecule has 0 spiro atoms. The number of thioether (sulfide) groups is 1. The Morgan fingerprint density at radius 1 is 1.28 bits per heavy atom. The lowest BCUT2D eigenvalue weighted by Crippen LogP contribution is -2.46. The highest BCUT2D eigenvalue weighted by molar-refractivity contribution is 9.11. The van der Waals surface area contributed by atoms with Crippen molar-refractivity contribution in [3.63, 3.8) is 0 Å². The van der Waals surface area contributed by atoms with E-state index in [0.29, 0.717) is 0 Å². The number of rotatable bonds is 1. The predicted octanol–water partition coefficient (Wildman–Crippen LogP) is 4.18. The molecule has 0 saturated carbocycles. The van der Waals surface area contributed by atoms with E-state index in [1.54, 1.807) is 0 Å². The lowest BCUT2D eigenvalue weighted by molar-refractivity contribution is 0.0748. The molecule has 1 saturated heterocycles. The first-order valence-corrected chi connectivity index (χ1v) is 8.34. The van der Waals surface area contributed by atoms with Crippen LogP contribution in [0.15, 0.2) is 27.1 Å². The van der Waals surface area contributed by atoms with Crippen molar-refractivity contribution in [2.75, 3.05) is 18.8 Å². The van der Waals surface area contributed by atoms with Crippen LogP contribution in [0.3, 0.4) is 0 Å². The van der Waals surface area contributed by atoms with Crippen molar-refractivity contribution >= 4 is 49.5 Å². The molecular weight excluding hydrogens is 378 g/mol. The van der Waals surface area contributed by atoms with Crippen LogP contribution in [-0.4, -0.2) is 34.4 Å². The third kappa shape index (κ3) is 3.52. The molecule has 0 bridgehead atoms. The SMILES string of the molecule is CC1(C)CN(C(=O)c2cc(Br)cc(Br)c2)CCS1. The Hall–Kier alpha value is -0.000000000000000111. The smallest absolute Gasteiger partial charge is 0.254 e. The summed E-state index contributed by atoms with van der Waals surface area (Å²) < 4.78 is 1.99. The normalized spacial score (nSPS) is 18.8. The minimum Gasteiger partial charge on any atom is -0.336 e. The standard InChI is InChI=1S/C13H15Br2NOS/c1-13(2)8-16(3-4-18-13)12(17)9-5-10(14)7-11(15)6-9/h5-7H,3-4,8H2,1-2H3. The molecule has 0 aliphatic carbocycles. The molecule has 1 heterocycles. The maximum absolute atomic E-state index is 12.5. The fraction of sp³-hybridized carbons (Fsp3) is 0.462. The number of hydrogen-bond acceptors (Lipinski definition) is 2. The zero-order valence-corrected chi connectivity index (χ0v) is 14.4. The highest BCUT2D eigenvalue weighted by Crippen LogP contribution is 2.30. The molecule has 1 aromatic carbocycles. The van der Waals surface area contributed by atoms with Gasteiger partial charge >= 0.3 is 0 Å². The molecule has 0 radical (unpaired) electrons. The maximum Gasteiger partial charge on any atom is 0.254 e. The molecule has 1 fully saturated rings. The summed E-state index contributed by atoms with van der Waals surface area (Å²) in [5.41, 5.74) is 0.735. The van der Waals surface area contributed by atoms with E-state index in [0.717, 1.165) is 33.4 Å². The van der Waals surface area contributed by atoms with E-state index in [1.165, 1.54) is 0 Å². The molecule has 18 heavy (non-hydrogen) atoms. The monoisotopic (exact) mass is 391 g/mol. The average Bonchev–Trinajstić information content (AvgIpc) is 2.25. The van der Waals surface area contributed by atoms with Crippen molar-refractivity contribution in [2.24, 2.45) is 0 Å². The van der Waals surface area contributed by atoms with E-state index >= 15 is 0 Å². The van der Waals surface area contributed by atoms with E-state index in [-0.39, 0.29) is 10.7 Å². The summed E-state index contributed by atoms with van der Waals surface area (Å²) in [6.45, 7) is 6.01. The first kappa shape index (κ1) is 14.4. The van der Waals surface area contributed by atoms with Crippen LogP contribution < -0.4 is 0 Å². The zero-order chi connectivity index (χ0) is 13.3. The minimum atomic E-state index is 0.116. The summed E-state index contributed by atoms with van der Waals surface area (Å²) in [4.78, 5) is 14.4. The van der Waals surface area contributed by atoms with Crippen LogP contribution in [-0.2, 0) is 0 Å². The third-order valence-electron chi connectivity index (χ3n) is 2.82. The lowest BCUT2D eigenvalue weighted by atomic mass is 10.1. The third-order valence-corrected chi connectivity index (χ3v) is 5.04. The fourth-order valence-electron chi connectivity index (χ4n) is 2.05. The molecule has 1 amide bonds. The van der Waals surface area contributed by atoms with Crippen LogP contribution in [0, 0.1) is 0 Å². The van der Waals surface area contributed by atoms with Crippen LogP contribution in [0.25, 0.3) is 0 Å². The highest BCUT2D eigenvalue weighted by atomic mass is 79.9. The van der Waals surface area contributed by atoms with E-state index < -0.39 is 0 Å². The van der Waals surface area contributed by atoms with E-state index in [1.807, 2.05) is 34.9 Å². The van der Waals surface area contributed by atoms with Crippen molar-refractivity contribution in [3.8, 4) is 0 Å². The second-order valence-electron chi connectivity index (χ2n) is 4.99. The average molecular weight is 393 g/mol. The van der Waals surface area contributed by atoms with Gasteiger partial charge in [-0.05, 0) is 32.0 Å². The molecule has 2 rings (SSSR count). The highest BCUT2D eigenvalue weighted by Gasteiger charge is 2.30. The number of amides is 1. The lowest BCUT2D eigenvalue weighted by Gasteiger charge is -2.37. The molecular formula is C13H15Br2NOS. The number of hydrogen-bond donors (Lipinski definition) is 0. The topological polar surface area (TPSA) is 20.3 Å². The van der Waals surface area contributed by atoms with Gasteiger partial charge in [0.15, 0.2) is 0 Å². The Bertz CT molecular complexity index is 456. The van der Waals surface area contributed by atoms with Gasteiger partial charge in [-0.25, -0.2) is 0 Å². The van der Waals surface area contributed by atoms with Gasteiger partial charge in [0.25, 0.3) is 5.91 Å². The summed E-state index contributed by atoms with van der Waals surface area (Å²) in [7, 11) is 0. The minimum absolute atomic E-state index is 0.116. The first-order chi connectivity index (χ1) is 8.37. The van der Waals surface area contributed by atoms with Crippen LogP contribution in [0.5, 0.6) is 0 Å². The Labute approximate surface area is 129 Å². The van der Waals surface area contributed by atoms with Gasteiger partial charge in [0, 0.05) is 38.1 Å². The Balaban J connectivity index is 2.20. The summed E-state index contributed by atoms with van der Waals surface area (Å²) in [5.74, 6) is 1.12. The molecule has 5 heteroatoms. The molecule has 0 aromatic heterocycles. The van der Waals surface area contributed by atoms with E-state index in [2.05, 4.69) is 45.7 Å². The van der Waals surface area contributed by atoms with Gasteiger partial charge in [-0.15, -0.1) is 0 Å². The number of carbonyl (C=O) groups is 1. The van der Waals surface area contributed by atoms with Crippen molar-refractivity contribution in [1.82, 2.24) is 4.90 Å². The van der Waals surface area contributed by atoms with E-state index in [9.17, 15) is 4.79 Å². The first-order valence-electron chi connectivity index (χ1n) is 5.77. The van der Waals surface area contributed by atoms with Crippen molar-refractivity contribution < 1.29 is 4.79 Å². The van der Waals surface area contributed by atoms with Crippen LogP contribution in [0.2, 0.25) is 0 Å². The maximum atomic E-state index is 12.5. The number of benzene rings is 1. The summed E-state index contributed by atoms with van der Waals surface area (Å²) in [5, 5.41) is 0. The van der Waals surface area contributed by atoms with Crippen molar-refractivity contribution in [3.05, 3.63) is 32.7 Å². The van der Waals surface area contributed by atoms with Crippen molar-refractivity contribution in [1.29, 1.82) is 0 Å². The van der Waals surface area contributed by atoms with Crippen LogP contribution >= 0.6 is 43.6 Å². The second-order valence-corrected chi connectivity index (χ2v) is 8.63. The van der Waals surface area contributed by atoms with Gasteiger partial charge in [-0.2, -0.15) is 11.8 Å². The summed E-state index contributed by atoms with van der Waals surface area (Å²) in [6.07, 6.45) is 0. The number of carbonyl (C=O) groups excluding carboxylic acids is 1. The van der Waals surface area contributed by atoms with Gasteiger partial charge in [-0.1, -0.05) is 31.9 Å². The van der Waals surface area contributed by atoms with Crippen LogP contribution in [0.1, 0.15) is 24.2 Å². The molecule has 0 atom stereocenters. The summed E-state index contributed by atoms with van der Waals surface area (Å²) in [6, 6.07) is 5.69. The molecule has 2 nitrogen and oxygen atoms in total. The fourth-order valence-corrected chi connectivity index (χ4v) is 4.45. The van der Waals surface area contributed by atoms with Crippen molar-refractivity contribution in [2.45, 2.75) is 18.6 Å². The van der Waals surface area contributed by atoms with Gasteiger partial charge < -0.3 is 4.90 Å². The Kier molecular flexibility index (Phi) is 4.44.